The number of hydrogen-bond donors (Lipinski definition) is 2. The summed E-state index contributed by atoms with van der Waals surface area (Å²) in [5, 5.41) is 8.24. The summed E-state index contributed by atoms with van der Waals surface area (Å²) in [6.07, 6.45) is 3.37. The molecule has 198 valence electrons. The van der Waals surface area contributed by atoms with E-state index in [0.717, 1.165) is 34.1 Å². The van der Waals surface area contributed by atoms with Crippen LogP contribution < -0.4 is 10.6 Å². The Bertz CT molecular complexity index is 1410. The lowest BCUT2D eigenvalue weighted by Gasteiger charge is -2.10. The molecule has 0 atom stereocenters. The number of rotatable bonds is 11. The highest BCUT2D eigenvalue weighted by molar-refractivity contribution is 6.35. The minimum atomic E-state index is -0.0586. The molecule has 0 aliphatic carbocycles. The first kappa shape index (κ1) is 27.7. The molecule has 0 radical (unpaired) electrons. The molecule has 6 nitrogen and oxygen atoms in total. The first-order valence-corrected chi connectivity index (χ1v) is 13.3. The van der Waals surface area contributed by atoms with Gasteiger partial charge in [0.2, 0.25) is 11.8 Å². The monoisotopic (exact) mass is 550 g/mol. The summed E-state index contributed by atoms with van der Waals surface area (Å²) in [4.78, 5) is 26.8. The van der Waals surface area contributed by atoms with E-state index in [9.17, 15) is 9.59 Å². The Hall–Kier alpha value is -3.32. The molecule has 0 bridgehead atoms. The highest BCUT2D eigenvalue weighted by Crippen LogP contribution is 2.27. The summed E-state index contributed by atoms with van der Waals surface area (Å²) < 4.78 is 2.16. The third kappa shape index (κ3) is 7.60. The van der Waals surface area contributed by atoms with Gasteiger partial charge in [0.15, 0.2) is 0 Å². The van der Waals surface area contributed by atoms with Crippen molar-refractivity contribution in [1.82, 2.24) is 14.8 Å². The van der Waals surface area contributed by atoms with Gasteiger partial charge in [-0.05, 0) is 67.5 Å². The second kappa shape index (κ2) is 13.0. The average Bonchev–Trinajstić information content (AvgIpc) is 3.23. The molecule has 0 saturated carbocycles. The number of para-hydroxylation sites is 1. The van der Waals surface area contributed by atoms with Crippen molar-refractivity contribution in [3.05, 3.63) is 99.7 Å². The van der Waals surface area contributed by atoms with Gasteiger partial charge in [-0.2, -0.15) is 0 Å². The molecule has 2 amide bonds. The lowest BCUT2D eigenvalue weighted by Crippen LogP contribution is -2.32. The van der Waals surface area contributed by atoms with Crippen LogP contribution in [0.15, 0.2) is 72.9 Å². The van der Waals surface area contributed by atoms with Crippen molar-refractivity contribution < 1.29 is 9.59 Å². The van der Waals surface area contributed by atoms with Crippen molar-refractivity contribution in [2.75, 3.05) is 32.5 Å². The van der Waals surface area contributed by atoms with E-state index >= 15 is 0 Å². The van der Waals surface area contributed by atoms with Crippen molar-refractivity contribution >= 4 is 51.6 Å². The molecule has 0 unspecified atom stereocenters. The first-order chi connectivity index (χ1) is 18.3. The number of anilines is 1. The van der Waals surface area contributed by atoms with Gasteiger partial charge in [0.05, 0.1) is 6.42 Å². The second-order valence-electron chi connectivity index (χ2n) is 9.61. The fraction of sp³-hybridized carbons (Fsp3) is 0.267. The number of fused-ring (bicyclic) bond motifs is 1. The van der Waals surface area contributed by atoms with Crippen molar-refractivity contribution in [2.24, 2.45) is 0 Å². The molecule has 1 heterocycles. The first-order valence-electron chi connectivity index (χ1n) is 12.6. The van der Waals surface area contributed by atoms with Crippen molar-refractivity contribution in [3.8, 4) is 0 Å². The van der Waals surface area contributed by atoms with E-state index in [1.54, 1.807) is 6.07 Å². The van der Waals surface area contributed by atoms with Crippen molar-refractivity contribution in [3.63, 3.8) is 0 Å². The van der Waals surface area contributed by atoms with Gasteiger partial charge >= 0.3 is 0 Å². The number of hydrogen-bond acceptors (Lipinski definition) is 3. The molecule has 2 N–H and O–H groups in total. The zero-order valence-corrected chi connectivity index (χ0v) is 23.1. The third-order valence-corrected chi connectivity index (χ3v) is 6.92. The third-order valence-electron chi connectivity index (χ3n) is 6.33. The quantitative estimate of drug-likeness (QED) is 0.248. The Labute approximate surface area is 233 Å². The number of carbonyl (C=O) groups excluding carboxylic acids is 2. The maximum absolute atomic E-state index is 12.7. The van der Waals surface area contributed by atoms with Crippen LogP contribution in [0.2, 0.25) is 10.0 Å². The molecule has 0 aliphatic heterocycles. The van der Waals surface area contributed by atoms with Crippen LogP contribution in [0.4, 0.5) is 5.69 Å². The molecule has 0 saturated heterocycles. The Morgan fingerprint density at radius 3 is 2.42 bits per heavy atom. The maximum Gasteiger partial charge on any atom is 0.224 e. The van der Waals surface area contributed by atoms with Crippen LogP contribution in [-0.2, 0) is 29.0 Å². The summed E-state index contributed by atoms with van der Waals surface area (Å²) in [6, 6.07) is 21.1. The Morgan fingerprint density at radius 2 is 1.68 bits per heavy atom. The fourth-order valence-electron chi connectivity index (χ4n) is 4.33. The summed E-state index contributed by atoms with van der Waals surface area (Å²) in [5.74, 6) is -0.0714. The van der Waals surface area contributed by atoms with Crippen LogP contribution in [-0.4, -0.2) is 48.5 Å². The smallest absolute Gasteiger partial charge is 0.224 e. The van der Waals surface area contributed by atoms with E-state index in [-0.39, 0.29) is 11.8 Å². The zero-order valence-electron chi connectivity index (χ0n) is 21.6. The highest BCUT2D eigenvalue weighted by atomic mass is 35.5. The van der Waals surface area contributed by atoms with Crippen LogP contribution in [0.5, 0.6) is 0 Å². The van der Waals surface area contributed by atoms with E-state index in [0.29, 0.717) is 48.1 Å². The number of nitrogens with one attached hydrogen (secondary N) is 2. The maximum atomic E-state index is 12.7. The molecule has 0 fully saturated rings. The van der Waals surface area contributed by atoms with Crippen molar-refractivity contribution in [1.29, 1.82) is 0 Å². The topological polar surface area (TPSA) is 66.4 Å². The number of aryl methyl sites for hydroxylation is 1. The average molecular weight is 552 g/mol. The minimum absolute atomic E-state index is 0.0128. The van der Waals surface area contributed by atoms with Gasteiger partial charge in [0.25, 0.3) is 0 Å². The van der Waals surface area contributed by atoms with Crippen LogP contribution in [0, 0.1) is 0 Å². The predicted molar refractivity (Wildman–Crippen MR) is 156 cm³/mol. The molecule has 4 aromatic rings. The second-order valence-corrected chi connectivity index (χ2v) is 10.5. The standard InChI is InChI=1S/C30H32Cl2N4O2/c1-35(2)16-15-33-30(38)17-21-7-12-25(13-8-21)34-29(37)14-10-22-19-36(28-6-4-3-5-26(22)28)20-23-9-11-24(31)18-27(23)32/h3-9,11-13,18-19H,10,14-17,20H2,1-2H3,(H,33,38)(H,34,37). The van der Waals surface area contributed by atoms with Gasteiger partial charge in [-0.25, -0.2) is 0 Å². The summed E-state index contributed by atoms with van der Waals surface area (Å²) in [7, 11) is 3.94. The molecule has 1 aromatic heterocycles. The van der Waals surface area contributed by atoms with Crippen LogP contribution in [0.1, 0.15) is 23.1 Å². The fourth-order valence-corrected chi connectivity index (χ4v) is 4.80. The lowest BCUT2D eigenvalue weighted by molar-refractivity contribution is -0.120. The molecular weight excluding hydrogens is 519 g/mol. The SMILES string of the molecule is CN(C)CCNC(=O)Cc1ccc(NC(=O)CCc2cn(Cc3ccc(Cl)cc3Cl)c3ccccc23)cc1. The predicted octanol–water partition coefficient (Wildman–Crippen LogP) is 5.79. The van der Waals surface area contributed by atoms with Crippen LogP contribution in [0.25, 0.3) is 10.9 Å². The highest BCUT2D eigenvalue weighted by Gasteiger charge is 2.12. The minimum Gasteiger partial charge on any atom is -0.355 e. The largest absolute Gasteiger partial charge is 0.355 e. The molecule has 8 heteroatoms. The molecule has 3 aromatic carbocycles. The summed E-state index contributed by atoms with van der Waals surface area (Å²) >= 11 is 12.5. The number of carbonyl (C=O) groups is 2. The van der Waals surface area contributed by atoms with Crippen molar-refractivity contribution in [2.45, 2.75) is 25.8 Å². The van der Waals surface area contributed by atoms with E-state index in [1.807, 2.05) is 67.5 Å². The number of benzene rings is 3. The van der Waals surface area contributed by atoms with E-state index in [2.05, 4.69) is 33.5 Å². The number of amides is 2. The number of halogens is 2. The van der Waals surface area contributed by atoms with Gasteiger partial charge in [-0.3, -0.25) is 9.59 Å². The van der Waals surface area contributed by atoms with E-state index in [4.69, 9.17) is 23.2 Å². The normalized spacial score (nSPS) is 11.2. The van der Waals surface area contributed by atoms with Gasteiger partial charge in [0, 0.05) is 58.9 Å². The molecular formula is C30H32Cl2N4O2. The Morgan fingerprint density at radius 1 is 0.921 bits per heavy atom. The van der Waals surface area contributed by atoms with Gasteiger partial charge in [-0.15, -0.1) is 0 Å². The van der Waals surface area contributed by atoms with Gasteiger partial charge < -0.3 is 20.1 Å². The zero-order chi connectivity index (χ0) is 27.1. The number of aromatic nitrogens is 1. The van der Waals surface area contributed by atoms with E-state index < -0.39 is 0 Å². The molecule has 38 heavy (non-hydrogen) atoms. The molecule has 4 rings (SSSR count). The van der Waals surface area contributed by atoms with Gasteiger partial charge in [-0.1, -0.05) is 59.6 Å². The summed E-state index contributed by atoms with van der Waals surface area (Å²) in [5.41, 5.74) is 4.80. The molecule has 0 spiro atoms. The van der Waals surface area contributed by atoms with E-state index in [1.165, 1.54) is 0 Å². The van der Waals surface area contributed by atoms with Crippen LogP contribution in [0.3, 0.4) is 0 Å². The molecule has 0 aliphatic rings. The van der Waals surface area contributed by atoms with Crippen LogP contribution >= 0.6 is 23.2 Å². The Kier molecular flexibility index (Phi) is 9.45. The summed E-state index contributed by atoms with van der Waals surface area (Å²) in [6.45, 7) is 2.03. The number of nitrogens with zero attached hydrogens (tertiary/aromatic N) is 2. The lowest BCUT2D eigenvalue weighted by atomic mass is 10.1. The van der Waals surface area contributed by atoms with Gasteiger partial charge in [0.1, 0.15) is 0 Å². The number of likely N-dealkylation sites (N-methyl/N-ethyl adjacent to an activating group) is 1. The Balaban J connectivity index is 1.34.